The fraction of sp³-hybridized carbons (Fsp3) is 0.235. The van der Waals surface area contributed by atoms with Crippen LogP contribution in [-0.4, -0.2) is 12.5 Å². The number of carbonyl (C=O) groups excluding carboxylic acids is 1. The largest absolute Gasteiger partial charge is 0.489 e. The van der Waals surface area contributed by atoms with Gasteiger partial charge < -0.3 is 10.1 Å². The third kappa shape index (κ3) is 3.40. The molecular weight excluding hydrogens is 269 g/mol. The van der Waals surface area contributed by atoms with Crippen molar-refractivity contribution in [3.05, 3.63) is 65.0 Å². The topological polar surface area (TPSA) is 38.3 Å². The Balaban J connectivity index is 1.72. The highest BCUT2D eigenvalue weighted by Crippen LogP contribution is 2.21. The van der Waals surface area contributed by atoms with Crippen LogP contribution in [0, 0.1) is 5.82 Å². The number of halogens is 1. The first-order valence-electron chi connectivity index (χ1n) is 6.96. The lowest BCUT2D eigenvalue weighted by atomic mass is 10.0. The van der Waals surface area contributed by atoms with Gasteiger partial charge in [0, 0.05) is 6.54 Å². The molecule has 0 unspecified atom stereocenters. The summed E-state index contributed by atoms with van der Waals surface area (Å²) in [6.45, 7) is 0.979. The summed E-state index contributed by atoms with van der Waals surface area (Å²) < 4.78 is 18.8. The molecule has 1 N–H and O–H groups in total. The van der Waals surface area contributed by atoms with E-state index in [-0.39, 0.29) is 11.7 Å². The maximum absolute atomic E-state index is 13.1. The van der Waals surface area contributed by atoms with E-state index in [4.69, 9.17) is 4.74 Å². The van der Waals surface area contributed by atoms with Gasteiger partial charge in [0.05, 0.1) is 6.42 Å². The quantitative estimate of drug-likeness (QED) is 0.941. The maximum Gasteiger partial charge on any atom is 0.224 e. The van der Waals surface area contributed by atoms with Gasteiger partial charge in [-0.05, 0) is 47.4 Å². The molecule has 1 amide bonds. The summed E-state index contributed by atoms with van der Waals surface area (Å²) >= 11 is 0. The molecule has 2 aromatic rings. The van der Waals surface area contributed by atoms with E-state index in [0.29, 0.717) is 19.6 Å². The number of rotatable bonds is 3. The second-order valence-electron chi connectivity index (χ2n) is 5.13. The average Bonchev–Trinajstić information content (AvgIpc) is 2.65. The predicted octanol–water partition coefficient (Wildman–Crippen LogP) is 2.62. The van der Waals surface area contributed by atoms with Gasteiger partial charge in [-0.1, -0.05) is 18.2 Å². The number of hydrogen-bond donors (Lipinski definition) is 1. The van der Waals surface area contributed by atoms with Crippen molar-refractivity contribution in [2.45, 2.75) is 19.4 Å². The minimum Gasteiger partial charge on any atom is -0.489 e. The molecule has 0 radical (unpaired) electrons. The summed E-state index contributed by atoms with van der Waals surface area (Å²) in [5, 5.41) is 2.85. The molecule has 0 aliphatic carbocycles. The molecule has 0 fully saturated rings. The lowest BCUT2D eigenvalue weighted by Crippen LogP contribution is -2.24. The fourth-order valence-corrected chi connectivity index (χ4v) is 2.46. The van der Waals surface area contributed by atoms with Gasteiger partial charge in [0.1, 0.15) is 18.2 Å². The maximum atomic E-state index is 13.1. The second kappa shape index (κ2) is 5.95. The van der Waals surface area contributed by atoms with Gasteiger partial charge in [-0.2, -0.15) is 0 Å². The molecule has 1 aliphatic rings. The number of nitrogens with one attached hydrogen (secondary N) is 1. The summed E-state index contributed by atoms with van der Waals surface area (Å²) in [6, 6.07) is 12.1. The molecule has 3 rings (SSSR count). The Hall–Kier alpha value is -2.36. The van der Waals surface area contributed by atoms with Crippen molar-refractivity contribution in [3.63, 3.8) is 0 Å². The smallest absolute Gasteiger partial charge is 0.224 e. The lowest BCUT2D eigenvalue weighted by Gasteiger charge is -2.10. The van der Waals surface area contributed by atoms with Crippen LogP contribution in [0.1, 0.15) is 16.7 Å². The Bertz CT molecular complexity index is 670. The van der Waals surface area contributed by atoms with Gasteiger partial charge >= 0.3 is 0 Å². The molecule has 0 aromatic heterocycles. The molecule has 3 nitrogen and oxygen atoms in total. The van der Waals surface area contributed by atoms with Crippen LogP contribution in [0.2, 0.25) is 0 Å². The molecule has 0 bridgehead atoms. The van der Waals surface area contributed by atoms with E-state index in [2.05, 4.69) is 5.32 Å². The second-order valence-corrected chi connectivity index (χ2v) is 5.13. The van der Waals surface area contributed by atoms with Crippen LogP contribution in [0.5, 0.6) is 5.75 Å². The number of ether oxygens (including phenoxy) is 1. The normalized spacial score (nSPS) is 14.0. The highest BCUT2D eigenvalue weighted by atomic mass is 19.1. The third-order valence-electron chi connectivity index (χ3n) is 3.54. The molecule has 2 aromatic carbocycles. The fourth-order valence-electron chi connectivity index (χ4n) is 2.46. The van der Waals surface area contributed by atoms with E-state index in [0.717, 1.165) is 28.9 Å². The molecule has 1 heterocycles. The van der Waals surface area contributed by atoms with E-state index >= 15 is 0 Å². The highest BCUT2D eigenvalue weighted by molar-refractivity contribution is 5.79. The minimum atomic E-state index is -0.261. The van der Waals surface area contributed by atoms with Crippen LogP contribution in [0.3, 0.4) is 0 Å². The first kappa shape index (κ1) is 13.6. The Labute approximate surface area is 122 Å². The van der Waals surface area contributed by atoms with Gasteiger partial charge in [0.25, 0.3) is 0 Å². The van der Waals surface area contributed by atoms with E-state index in [1.807, 2.05) is 24.3 Å². The summed E-state index contributed by atoms with van der Waals surface area (Å²) in [6.07, 6.45) is 1.22. The van der Waals surface area contributed by atoms with Crippen LogP contribution in [0.15, 0.2) is 42.5 Å². The zero-order valence-electron chi connectivity index (χ0n) is 11.6. The Morgan fingerprint density at radius 1 is 1.14 bits per heavy atom. The van der Waals surface area contributed by atoms with Gasteiger partial charge in [-0.25, -0.2) is 4.39 Å². The van der Waals surface area contributed by atoms with Crippen molar-refractivity contribution in [1.29, 1.82) is 0 Å². The number of amides is 1. The van der Waals surface area contributed by atoms with Crippen LogP contribution in [0.4, 0.5) is 4.39 Å². The summed E-state index contributed by atoms with van der Waals surface area (Å²) in [5.41, 5.74) is 2.97. The van der Waals surface area contributed by atoms with Gasteiger partial charge in [-0.15, -0.1) is 0 Å². The number of hydrogen-bond acceptors (Lipinski definition) is 2. The molecule has 0 atom stereocenters. The lowest BCUT2D eigenvalue weighted by molar-refractivity contribution is -0.120. The first-order valence-corrected chi connectivity index (χ1v) is 6.96. The molecule has 21 heavy (non-hydrogen) atoms. The first-order chi connectivity index (χ1) is 10.2. The van der Waals surface area contributed by atoms with Crippen molar-refractivity contribution >= 4 is 5.91 Å². The van der Waals surface area contributed by atoms with E-state index in [9.17, 15) is 9.18 Å². The average molecular weight is 285 g/mol. The van der Waals surface area contributed by atoms with E-state index in [1.54, 1.807) is 6.07 Å². The molecule has 0 saturated carbocycles. The van der Waals surface area contributed by atoms with Crippen molar-refractivity contribution in [2.24, 2.45) is 0 Å². The number of benzene rings is 2. The van der Waals surface area contributed by atoms with Crippen molar-refractivity contribution in [3.8, 4) is 5.75 Å². The van der Waals surface area contributed by atoms with E-state index in [1.165, 1.54) is 12.1 Å². The zero-order valence-corrected chi connectivity index (χ0v) is 11.6. The molecular formula is C17H16FNO2. The monoisotopic (exact) mass is 285 g/mol. The Kier molecular flexibility index (Phi) is 3.86. The predicted molar refractivity (Wildman–Crippen MR) is 77.6 cm³/mol. The number of carbonyl (C=O) groups is 1. The minimum absolute atomic E-state index is 0.0576. The van der Waals surface area contributed by atoms with E-state index < -0.39 is 0 Å². The van der Waals surface area contributed by atoms with Crippen LogP contribution < -0.4 is 10.1 Å². The zero-order chi connectivity index (χ0) is 14.7. The van der Waals surface area contributed by atoms with Crippen molar-refractivity contribution in [1.82, 2.24) is 5.32 Å². The van der Waals surface area contributed by atoms with Gasteiger partial charge in [0.15, 0.2) is 0 Å². The van der Waals surface area contributed by atoms with Gasteiger partial charge in [0.2, 0.25) is 5.91 Å². The molecule has 4 heteroatoms. The molecule has 1 aliphatic heterocycles. The van der Waals surface area contributed by atoms with Crippen molar-refractivity contribution in [2.75, 3.05) is 6.54 Å². The van der Waals surface area contributed by atoms with Gasteiger partial charge in [-0.3, -0.25) is 4.79 Å². The molecule has 0 spiro atoms. The summed E-state index contributed by atoms with van der Waals surface area (Å²) in [7, 11) is 0. The number of fused-ring (bicyclic) bond motifs is 1. The summed E-state index contributed by atoms with van der Waals surface area (Å²) in [4.78, 5) is 11.5. The summed E-state index contributed by atoms with van der Waals surface area (Å²) in [5.74, 6) is 0.539. The Morgan fingerprint density at radius 2 is 2.05 bits per heavy atom. The SMILES string of the molecule is O=C1Cc2ccc(OCc3cccc(F)c3)cc2CCN1. The standard InChI is InChI=1S/C17H16FNO2/c18-15-3-1-2-12(8-15)11-21-16-5-4-13-10-17(20)19-7-6-14(13)9-16/h1-5,8-9H,6-7,10-11H2,(H,19,20). The Morgan fingerprint density at radius 3 is 2.90 bits per heavy atom. The van der Waals surface area contributed by atoms with Crippen LogP contribution in [-0.2, 0) is 24.2 Å². The molecule has 0 saturated heterocycles. The highest BCUT2D eigenvalue weighted by Gasteiger charge is 2.13. The van der Waals surface area contributed by atoms with Crippen LogP contribution >= 0.6 is 0 Å². The van der Waals surface area contributed by atoms with Crippen molar-refractivity contribution < 1.29 is 13.9 Å². The third-order valence-corrected chi connectivity index (χ3v) is 3.54. The van der Waals surface area contributed by atoms with Crippen LogP contribution in [0.25, 0.3) is 0 Å². The molecule has 108 valence electrons.